The monoisotopic (exact) mass is 713 g/mol. The van der Waals surface area contributed by atoms with Gasteiger partial charge in [0, 0.05) is 130 Å². The number of halogens is 1. The van der Waals surface area contributed by atoms with Gasteiger partial charge in [-0.3, -0.25) is 0 Å². The van der Waals surface area contributed by atoms with Gasteiger partial charge in [-0.2, -0.15) is 6.42 Å². The van der Waals surface area contributed by atoms with Crippen molar-refractivity contribution < 1.29 is 132 Å². The maximum absolute atomic E-state index is 7.88. The van der Waals surface area contributed by atoms with Crippen molar-refractivity contribution in [1.82, 2.24) is 0 Å². The second kappa shape index (κ2) is 246. The summed E-state index contributed by atoms with van der Waals surface area (Å²) in [6.45, 7) is 14.1. The van der Waals surface area contributed by atoms with Crippen molar-refractivity contribution in [3.05, 3.63) is 6.92 Å². The molecule has 0 rings (SSSR count). The van der Waals surface area contributed by atoms with Crippen LogP contribution < -0.4 is 43.5 Å². The summed E-state index contributed by atoms with van der Waals surface area (Å²) in [7, 11) is 4.77. The van der Waals surface area contributed by atoms with Crippen LogP contribution in [0.25, 0.3) is 0 Å². The van der Waals surface area contributed by atoms with Crippen LogP contribution in [0.3, 0.4) is 0 Å². The van der Waals surface area contributed by atoms with E-state index >= 15 is 0 Å². The van der Waals surface area contributed by atoms with E-state index in [-0.39, 0.29) is 151 Å². The van der Waals surface area contributed by atoms with Gasteiger partial charge in [0.1, 0.15) is 0 Å². The zero-order valence-electron chi connectivity index (χ0n) is 19.1. The molecule has 0 bridgehead atoms. The molecule has 0 heterocycles. The first-order chi connectivity index (χ1) is 11.0. The summed E-state index contributed by atoms with van der Waals surface area (Å²) in [5, 5.41) is 50.5. The van der Waals surface area contributed by atoms with E-state index < -0.39 is 0 Å². The van der Waals surface area contributed by atoms with E-state index in [1.807, 2.05) is 13.8 Å². The average Bonchev–Trinajstić information content (AvgIpc) is 2.63. The van der Waals surface area contributed by atoms with Crippen molar-refractivity contribution in [1.29, 1.82) is 37.8 Å². The molecule has 0 aliphatic carbocycles. The van der Waals surface area contributed by atoms with E-state index in [1.165, 1.54) is 6.42 Å². The molecule has 30 heavy (non-hydrogen) atoms. The molecule has 0 atom stereocenters. The Bertz CT molecular complexity index is 217. The molecule has 0 aliphatic rings. The standard InChI is InChI=1S/C3H8N2.C3H8O.C3H8.C3H7.2Ar.ClH.2Li.3N2.2H2O.2Sn.2H2.2H/c1-3(5)2-4;1-2-3-4;2*1-3-2;;;;;;3*1-2;;;;;;;;/h5H,2,4H2,1H3;4H,2-3H2,1H3;3H2,1-2H3;1,3H2,2H3;;;1H;;;;;;2*1H2;;;2*1H;;/q;;;-1;;;;2*+1;;;;;;;+1;;;;/p-2. The first-order valence-corrected chi connectivity index (χ1v) is 10.6. The predicted octanol–water partition coefficient (Wildman–Crippen LogP) is -4.00. The fourth-order valence-electron chi connectivity index (χ4n) is 0. The third-order valence-electron chi connectivity index (χ3n) is 0.530. The molecule has 7 N–H and O–H groups in total. The Balaban J connectivity index is -0.00000000527. The Morgan fingerprint density at radius 1 is 1.00 bits per heavy atom. The minimum absolute atomic E-state index is 0. The van der Waals surface area contributed by atoms with Crippen LogP contribution >= 0.6 is 8.92 Å². The van der Waals surface area contributed by atoms with Crippen LogP contribution in [0, 0.1) is 120 Å². The van der Waals surface area contributed by atoms with Gasteiger partial charge >= 0.3 is 91.9 Å². The summed E-state index contributed by atoms with van der Waals surface area (Å²) < 4.78 is 0. The number of nitrogens with two attached hydrogens (primary N) is 1. The fourth-order valence-corrected chi connectivity index (χ4v) is 0. The van der Waals surface area contributed by atoms with Crippen molar-refractivity contribution in [2.24, 2.45) is 5.73 Å². The molecule has 0 saturated carbocycles. The second-order valence-corrected chi connectivity index (χ2v) is 2.92. The Morgan fingerprint density at radius 2 is 1.07 bits per heavy atom. The van der Waals surface area contributed by atoms with Crippen molar-refractivity contribution in [2.45, 2.75) is 53.9 Å². The maximum atomic E-state index is 7.88. The Kier molecular flexibility index (Phi) is 851. The van der Waals surface area contributed by atoms with Gasteiger partial charge in [0.05, 0.1) is 0 Å². The third-order valence-corrected chi connectivity index (χ3v) is 0.530. The first-order valence-electron chi connectivity index (χ1n) is 6.47. The number of hydrogen-bond acceptors (Lipinski definition) is 10. The van der Waals surface area contributed by atoms with E-state index in [9.17, 15) is 0 Å². The topological polar surface area (TPSA) is 274 Å². The molecular formula is C12H40Ar2ClLi2N8O3Sn2. The van der Waals surface area contributed by atoms with Gasteiger partial charge in [0.25, 0.3) is 0 Å². The number of hydrogen-bond donors (Lipinski definition) is 3. The second-order valence-electron chi connectivity index (χ2n) is 2.92. The predicted molar refractivity (Wildman–Crippen MR) is 112 cm³/mol. The van der Waals surface area contributed by atoms with E-state index in [4.69, 9.17) is 57.5 Å². The summed E-state index contributed by atoms with van der Waals surface area (Å²) in [5.74, 6) is 0. The molecule has 0 aromatic rings. The summed E-state index contributed by atoms with van der Waals surface area (Å²) in [4.78, 5) is 0. The minimum atomic E-state index is 0. The molecular weight excluding hydrogens is 671 g/mol. The molecule has 0 aliphatic heterocycles. The first kappa shape index (κ1) is 104. The van der Waals surface area contributed by atoms with E-state index in [1.54, 1.807) is 6.92 Å². The molecule has 179 valence electrons. The van der Waals surface area contributed by atoms with Crippen LogP contribution in [0.2, 0.25) is 0 Å². The SMILES string of the molecule is CC(=N)CN.CCC.CCCO.N#N.N#N.N#N.O.[Ar].[Ar].[CH2-]CC.[Cl][SnH].[HH].[HH].[Li+].[Li+].[OH-].[SnH]. The van der Waals surface area contributed by atoms with Crippen LogP contribution in [0.15, 0.2) is 0 Å². The Labute approximate surface area is 304 Å². The van der Waals surface area contributed by atoms with E-state index in [2.05, 4.69) is 20.8 Å². The van der Waals surface area contributed by atoms with Crippen molar-refractivity contribution in [3.8, 4) is 0 Å². The molecule has 0 amide bonds. The van der Waals surface area contributed by atoms with Crippen LogP contribution in [-0.4, -0.2) is 80.2 Å². The third kappa shape index (κ3) is 713. The quantitative estimate of drug-likeness (QED) is 0.109. The number of nitrogens with zero attached hydrogens (tertiary/aromatic N) is 6. The molecule has 0 saturated heterocycles. The van der Waals surface area contributed by atoms with E-state index in [0.29, 0.717) is 18.9 Å². The number of rotatable bonds is 2. The van der Waals surface area contributed by atoms with E-state index in [0.717, 1.165) is 34.2 Å². The van der Waals surface area contributed by atoms with Crippen molar-refractivity contribution >= 4 is 59.9 Å². The van der Waals surface area contributed by atoms with Gasteiger partial charge in [-0.25, -0.2) is 0 Å². The molecule has 0 spiro atoms. The van der Waals surface area contributed by atoms with Crippen LogP contribution in [0.1, 0.15) is 56.7 Å². The van der Waals surface area contributed by atoms with Gasteiger partial charge < -0.3 is 34.1 Å². The molecule has 0 aromatic heterocycles. The number of nitrogens with one attached hydrogen (secondary N) is 1. The number of aliphatic hydroxyl groups is 1. The van der Waals surface area contributed by atoms with Crippen LogP contribution in [-0.2, 0) is 0 Å². The van der Waals surface area contributed by atoms with Crippen molar-refractivity contribution in [2.75, 3.05) is 13.2 Å². The summed E-state index contributed by atoms with van der Waals surface area (Å²) in [6.07, 6.45) is 3.12. The molecule has 11 nitrogen and oxygen atoms in total. The molecule has 0 unspecified atom stereocenters. The summed E-state index contributed by atoms with van der Waals surface area (Å²) in [6, 6.07) is 0. The van der Waals surface area contributed by atoms with Crippen molar-refractivity contribution in [3.63, 3.8) is 0 Å². The summed E-state index contributed by atoms with van der Waals surface area (Å²) >= 11 is 0.822. The Hall–Kier alpha value is 3.37. The average molecular weight is 711 g/mol. The molecule has 18 heteroatoms. The molecule has 0 aromatic carbocycles. The normalized spacial score (nSPS) is 3.87. The van der Waals surface area contributed by atoms with Crippen LogP contribution in [0.4, 0.5) is 0 Å². The number of aliphatic hydroxyl groups excluding tert-OH is 1. The zero-order valence-corrected chi connectivity index (χ0v) is 27.9. The van der Waals surface area contributed by atoms with Gasteiger partial charge in [-0.05, 0) is 13.3 Å². The fraction of sp³-hybridized carbons (Fsp3) is 0.833. The summed E-state index contributed by atoms with van der Waals surface area (Å²) in [5.41, 5.74) is 5.48. The zero-order chi connectivity index (χ0) is 21.1. The van der Waals surface area contributed by atoms with Gasteiger partial charge in [-0.15, -0.1) is 0 Å². The van der Waals surface area contributed by atoms with Gasteiger partial charge in [0.2, 0.25) is 0 Å². The molecule has 5 radical (unpaired) electrons. The molecule has 0 fully saturated rings. The van der Waals surface area contributed by atoms with Gasteiger partial charge in [-0.1, -0.05) is 34.1 Å². The van der Waals surface area contributed by atoms with Gasteiger partial charge in [0.15, 0.2) is 0 Å². The Morgan fingerprint density at radius 3 is 1.07 bits per heavy atom. The van der Waals surface area contributed by atoms with Crippen LogP contribution in [0.5, 0.6) is 0 Å².